The van der Waals surface area contributed by atoms with E-state index >= 15 is 0 Å². The molecule has 1 aliphatic carbocycles. The number of carbonyl (C=O) groups excluding carboxylic acids is 1. The molecule has 0 spiro atoms. The lowest BCUT2D eigenvalue weighted by Crippen LogP contribution is -2.66. The molecule has 2 aromatic rings. The summed E-state index contributed by atoms with van der Waals surface area (Å²) in [5.74, 6) is -0.650. The molecular formula is C19H17ClN2O3S2. The lowest BCUT2D eigenvalue weighted by atomic mass is 9.74. The van der Waals surface area contributed by atoms with Crippen molar-refractivity contribution in [3.63, 3.8) is 0 Å². The van der Waals surface area contributed by atoms with E-state index in [9.17, 15) is 9.90 Å². The van der Waals surface area contributed by atoms with Gasteiger partial charge in [-0.2, -0.15) is 0 Å². The molecule has 27 heavy (non-hydrogen) atoms. The number of esters is 1. The van der Waals surface area contributed by atoms with Gasteiger partial charge in [-0.3, -0.25) is 4.79 Å². The smallest absolute Gasteiger partial charge is 0.311 e. The normalized spacial score (nSPS) is 32.0. The van der Waals surface area contributed by atoms with Crippen molar-refractivity contribution in [1.82, 2.24) is 4.90 Å². The number of ether oxygens (including phenoxy) is 1. The van der Waals surface area contributed by atoms with E-state index in [1.165, 1.54) is 4.88 Å². The molecular weight excluding hydrogens is 404 g/mol. The zero-order chi connectivity index (χ0) is 18.7. The molecule has 4 fully saturated rings. The van der Waals surface area contributed by atoms with Gasteiger partial charge in [0, 0.05) is 15.6 Å². The topological polar surface area (TPSA) is 53.0 Å². The molecule has 0 amide bonds. The molecule has 8 heteroatoms. The van der Waals surface area contributed by atoms with E-state index in [0.717, 1.165) is 5.69 Å². The zero-order valence-corrected chi connectivity index (χ0v) is 16.6. The quantitative estimate of drug-likeness (QED) is 0.608. The Labute approximate surface area is 171 Å². The highest BCUT2D eigenvalue weighted by Crippen LogP contribution is 2.46. The fourth-order valence-electron chi connectivity index (χ4n) is 4.51. The average molecular weight is 421 g/mol. The monoisotopic (exact) mass is 420 g/mol. The predicted molar refractivity (Wildman–Crippen MR) is 108 cm³/mol. The first-order valence-corrected chi connectivity index (χ1v) is 10.5. The van der Waals surface area contributed by atoms with Crippen LogP contribution >= 0.6 is 35.2 Å². The van der Waals surface area contributed by atoms with Crippen LogP contribution < -0.4 is 4.90 Å². The van der Waals surface area contributed by atoms with Crippen LogP contribution in [0.2, 0.25) is 5.02 Å². The van der Waals surface area contributed by atoms with Crippen molar-refractivity contribution in [1.29, 1.82) is 0 Å². The summed E-state index contributed by atoms with van der Waals surface area (Å²) in [6.07, 6.45) is -0.819. The number of aliphatic hydroxyl groups excluding tert-OH is 1. The minimum atomic E-state index is -0.659. The van der Waals surface area contributed by atoms with Crippen molar-refractivity contribution in [2.75, 3.05) is 4.90 Å². The van der Waals surface area contributed by atoms with E-state index in [1.807, 2.05) is 40.6 Å². The van der Waals surface area contributed by atoms with Crippen molar-refractivity contribution in [2.24, 2.45) is 5.92 Å². The molecule has 1 aromatic carbocycles. The highest BCUT2D eigenvalue weighted by atomic mass is 35.5. The maximum Gasteiger partial charge on any atom is 0.311 e. The van der Waals surface area contributed by atoms with Gasteiger partial charge in [-0.05, 0) is 54.4 Å². The largest absolute Gasteiger partial charge is 0.457 e. The molecule has 1 saturated carbocycles. The van der Waals surface area contributed by atoms with E-state index in [1.54, 1.807) is 11.3 Å². The van der Waals surface area contributed by atoms with Crippen LogP contribution in [-0.2, 0) is 16.1 Å². The Morgan fingerprint density at radius 1 is 1.26 bits per heavy atom. The summed E-state index contributed by atoms with van der Waals surface area (Å²) in [5.41, 5.74) is 0.905. The molecule has 3 aliphatic heterocycles. The van der Waals surface area contributed by atoms with Crippen molar-refractivity contribution in [3.05, 3.63) is 51.7 Å². The van der Waals surface area contributed by atoms with Crippen molar-refractivity contribution in [3.8, 4) is 0 Å². The van der Waals surface area contributed by atoms with Gasteiger partial charge >= 0.3 is 5.97 Å². The number of aliphatic hydroxyl groups is 1. The summed E-state index contributed by atoms with van der Waals surface area (Å²) in [4.78, 5) is 17.8. The van der Waals surface area contributed by atoms with E-state index in [4.69, 9.17) is 28.6 Å². The Kier molecular flexibility index (Phi) is 4.16. The van der Waals surface area contributed by atoms with E-state index in [0.29, 0.717) is 23.1 Å². The van der Waals surface area contributed by atoms with E-state index in [-0.39, 0.29) is 18.1 Å². The third-order valence-corrected chi connectivity index (χ3v) is 7.19. The maximum absolute atomic E-state index is 12.5. The van der Waals surface area contributed by atoms with Gasteiger partial charge in [-0.25, -0.2) is 0 Å². The number of nitrogens with zero attached hydrogens (tertiary/aromatic N) is 2. The molecule has 5 unspecified atom stereocenters. The van der Waals surface area contributed by atoms with Gasteiger partial charge in [-0.15, -0.1) is 11.3 Å². The molecule has 1 N–H and O–H groups in total. The summed E-state index contributed by atoms with van der Waals surface area (Å²) in [6.45, 7) is 0.634. The standard InChI is InChI=1S/C19H17ClN2O3S2/c20-10-3-5-11(6-4-10)22-15-13-8-14(23)17(25-18(13)24)16(15)21(19(22)26)9-12-2-1-7-27-12/h1-7,13-17,23H,8-9H2. The molecule has 140 valence electrons. The number of thiocarbonyl (C=S) groups is 1. The minimum Gasteiger partial charge on any atom is -0.457 e. The summed E-state index contributed by atoms with van der Waals surface area (Å²) in [7, 11) is 0. The fraction of sp³-hybridized carbons (Fsp3) is 0.368. The highest BCUT2D eigenvalue weighted by molar-refractivity contribution is 7.80. The van der Waals surface area contributed by atoms with Crippen LogP contribution in [0.15, 0.2) is 41.8 Å². The molecule has 4 aliphatic rings. The molecule has 4 heterocycles. The van der Waals surface area contributed by atoms with Gasteiger partial charge in [-0.1, -0.05) is 17.7 Å². The Balaban J connectivity index is 1.58. The number of anilines is 1. The number of rotatable bonds is 3. The van der Waals surface area contributed by atoms with Gasteiger partial charge in [0.2, 0.25) is 0 Å². The van der Waals surface area contributed by atoms with Crippen LogP contribution in [0.4, 0.5) is 5.69 Å². The first kappa shape index (κ1) is 17.4. The minimum absolute atomic E-state index is 0.145. The fourth-order valence-corrected chi connectivity index (χ4v) is 5.76. The van der Waals surface area contributed by atoms with Crippen LogP contribution in [0.5, 0.6) is 0 Å². The molecule has 5 nitrogen and oxygen atoms in total. The van der Waals surface area contributed by atoms with Crippen molar-refractivity contribution in [2.45, 2.75) is 37.3 Å². The van der Waals surface area contributed by atoms with Crippen LogP contribution in [0.3, 0.4) is 0 Å². The van der Waals surface area contributed by atoms with Gasteiger partial charge in [0.15, 0.2) is 5.11 Å². The Morgan fingerprint density at radius 3 is 2.74 bits per heavy atom. The predicted octanol–water partition coefficient (Wildman–Crippen LogP) is 3.05. The van der Waals surface area contributed by atoms with Gasteiger partial charge in [0.05, 0.1) is 30.7 Å². The second-order valence-electron chi connectivity index (χ2n) is 7.13. The molecule has 6 rings (SSSR count). The number of hydrogen-bond acceptors (Lipinski definition) is 5. The number of carbonyl (C=O) groups is 1. The number of halogens is 1. The van der Waals surface area contributed by atoms with Crippen LogP contribution in [0, 0.1) is 5.92 Å². The third kappa shape index (κ3) is 2.68. The second-order valence-corrected chi connectivity index (χ2v) is 8.96. The lowest BCUT2D eigenvalue weighted by molar-refractivity contribution is -0.194. The summed E-state index contributed by atoms with van der Waals surface area (Å²) in [6, 6.07) is 11.3. The number of benzene rings is 1. The summed E-state index contributed by atoms with van der Waals surface area (Å²) >= 11 is 13.6. The molecule has 3 saturated heterocycles. The van der Waals surface area contributed by atoms with Gasteiger partial charge in [0.1, 0.15) is 6.10 Å². The molecule has 1 aromatic heterocycles. The zero-order valence-electron chi connectivity index (χ0n) is 14.2. The SMILES string of the molecule is O=C1OC2C(O)CC1C1C2N(Cc2cccs2)C(=S)N1c1ccc(Cl)cc1. The van der Waals surface area contributed by atoms with Crippen molar-refractivity contribution < 1.29 is 14.6 Å². The summed E-state index contributed by atoms with van der Waals surface area (Å²) in [5, 5.41) is 13.8. The first-order valence-electron chi connectivity index (χ1n) is 8.81. The van der Waals surface area contributed by atoms with Crippen LogP contribution in [0.1, 0.15) is 11.3 Å². The highest BCUT2D eigenvalue weighted by Gasteiger charge is 2.62. The average Bonchev–Trinajstić information content (AvgIpc) is 3.25. The number of fused-ring (bicyclic) bond motifs is 2. The molecule has 0 radical (unpaired) electrons. The second kappa shape index (κ2) is 6.44. The third-order valence-electron chi connectivity index (χ3n) is 5.65. The Morgan fingerprint density at radius 2 is 2.04 bits per heavy atom. The number of thiophene rings is 1. The van der Waals surface area contributed by atoms with Crippen LogP contribution in [0.25, 0.3) is 0 Å². The maximum atomic E-state index is 12.5. The number of hydrogen-bond donors (Lipinski definition) is 1. The Bertz CT molecular complexity index is 889. The van der Waals surface area contributed by atoms with Crippen molar-refractivity contribution >= 4 is 51.9 Å². The first-order chi connectivity index (χ1) is 13.0. The van der Waals surface area contributed by atoms with Crippen LogP contribution in [-0.4, -0.2) is 45.4 Å². The Hall–Kier alpha value is -1.67. The van der Waals surface area contributed by atoms with Gasteiger partial charge < -0.3 is 19.6 Å². The van der Waals surface area contributed by atoms with E-state index < -0.39 is 18.1 Å². The molecule has 2 bridgehead atoms. The lowest BCUT2D eigenvalue weighted by Gasteiger charge is -2.49. The van der Waals surface area contributed by atoms with Gasteiger partial charge in [0.25, 0.3) is 0 Å². The van der Waals surface area contributed by atoms with E-state index in [2.05, 4.69) is 11.0 Å². The summed E-state index contributed by atoms with van der Waals surface area (Å²) < 4.78 is 5.58. The molecule has 5 atom stereocenters.